The highest BCUT2D eigenvalue weighted by atomic mass is 16.5. The summed E-state index contributed by atoms with van der Waals surface area (Å²) >= 11 is 0. The van der Waals surface area contributed by atoms with Crippen LogP contribution < -0.4 is 15.0 Å². The molecule has 0 radical (unpaired) electrons. The molecule has 0 saturated heterocycles. The van der Waals surface area contributed by atoms with Gasteiger partial charge in [-0.05, 0) is 55.7 Å². The van der Waals surface area contributed by atoms with Crippen LogP contribution in [0.15, 0.2) is 42.5 Å². The van der Waals surface area contributed by atoms with Gasteiger partial charge in [0.05, 0.1) is 11.8 Å². The van der Waals surface area contributed by atoms with Gasteiger partial charge in [-0.15, -0.1) is 0 Å². The molecule has 2 aromatic rings. The Balaban J connectivity index is 1.87. The van der Waals surface area contributed by atoms with E-state index in [0.29, 0.717) is 28.6 Å². The largest absolute Gasteiger partial charge is 0.476 e. The molecule has 1 N–H and O–H groups in total. The molecule has 3 rings (SSSR count). The zero-order valence-electron chi connectivity index (χ0n) is 16.4. The Bertz CT molecular complexity index is 956. The van der Waals surface area contributed by atoms with Gasteiger partial charge in [0.25, 0.3) is 11.8 Å². The van der Waals surface area contributed by atoms with Crippen molar-refractivity contribution in [2.75, 3.05) is 16.8 Å². The van der Waals surface area contributed by atoms with E-state index >= 15 is 0 Å². The Kier molecular flexibility index (Phi) is 5.10. The average molecular weight is 377 g/mol. The van der Waals surface area contributed by atoms with Crippen LogP contribution in [0.25, 0.3) is 0 Å². The summed E-state index contributed by atoms with van der Waals surface area (Å²) in [5.74, 6) is 0.272. The molecule has 6 heteroatoms. The number of amides is 2. The molecule has 0 unspecified atom stereocenters. The summed E-state index contributed by atoms with van der Waals surface area (Å²) in [7, 11) is 0. The molecule has 0 bridgehead atoms. The van der Waals surface area contributed by atoms with Crippen molar-refractivity contribution in [2.24, 2.45) is 0 Å². The van der Waals surface area contributed by atoms with Gasteiger partial charge in [-0.2, -0.15) is 5.26 Å². The van der Waals surface area contributed by atoms with E-state index in [2.05, 4.69) is 19.2 Å². The van der Waals surface area contributed by atoms with E-state index in [1.54, 1.807) is 32.0 Å². The lowest BCUT2D eigenvalue weighted by Gasteiger charge is -2.37. The lowest BCUT2D eigenvalue weighted by atomic mass is 10.0. The van der Waals surface area contributed by atoms with Crippen LogP contribution in [0.1, 0.15) is 49.5 Å². The highest BCUT2D eigenvalue weighted by Crippen LogP contribution is 2.38. The first-order valence-electron chi connectivity index (χ1n) is 9.16. The Morgan fingerprint density at radius 3 is 2.50 bits per heavy atom. The van der Waals surface area contributed by atoms with Gasteiger partial charge in [0.2, 0.25) is 0 Å². The van der Waals surface area contributed by atoms with E-state index in [-0.39, 0.29) is 18.4 Å². The smallest absolute Gasteiger partial charge is 0.271 e. The zero-order chi connectivity index (χ0) is 20.5. The van der Waals surface area contributed by atoms with E-state index in [0.717, 1.165) is 0 Å². The Hall–Kier alpha value is -3.33. The monoisotopic (exact) mass is 377 g/mol. The normalized spacial score (nSPS) is 14.9. The van der Waals surface area contributed by atoms with Crippen molar-refractivity contribution in [1.29, 1.82) is 5.26 Å². The number of nitrogens with zero attached hydrogens (tertiary/aromatic N) is 2. The Morgan fingerprint density at radius 2 is 1.89 bits per heavy atom. The maximum atomic E-state index is 12.7. The standard InChI is InChI=1S/C22H23N3O3/c1-14(2)15-5-8-17(9-6-15)24-20(26)16-7-10-19-18(13-16)25(12-11-23)21(27)22(3,4)28-19/h5-10,13-14H,12H2,1-4H3,(H,24,26). The molecule has 28 heavy (non-hydrogen) atoms. The van der Waals surface area contributed by atoms with E-state index in [1.165, 1.54) is 10.5 Å². The van der Waals surface area contributed by atoms with Crippen molar-refractivity contribution in [2.45, 2.75) is 39.2 Å². The predicted molar refractivity (Wildman–Crippen MR) is 108 cm³/mol. The number of hydrogen-bond acceptors (Lipinski definition) is 4. The van der Waals surface area contributed by atoms with Gasteiger partial charge in [0.1, 0.15) is 12.3 Å². The van der Waals surface area contributed by atoms with Crippen molar-refractivity contribution in [3.63, 3.8) is 0 Å². The van der Waals surface area contributed by atoms with Crippen LogP contribution in [0.3, 0.4) is 0 Å². The van der Waals surface area contributed by atoms with Crippen LogP contribution in [0.4, 0.5) is 11.4 Å². The van der Waals surface area contributed by atoms with Gasteiger partial charge in [-0.3, -0.25) is 14.5 Å². The van der Waals surface area contributed by atoms with E-state index in [9.17, 15) is 9.59 Å². The molecule has 0 aromatic heterocycles. The fourth-order valence-electron chi connectivity index (χ4n) is 3.09. The molecular formula is C22H23N3O3. The molecule has 144 valence electrons. The van der Waals surface area contributed by atoms with Gasteiger partial charge in [0.15, 0.2) is 5.60 Å². The Labute approximate surface area is 164 Å². The lowest BCUT2D eigenvalue weighted by Crippen LogP contribution is -2.52. The molecule has 1 aliphatic rings. The number of nitrogens with one attached hydrogen (secondary N) is 1. The predicted octanol–water partition coefficient (Wildman–Crippen LogP) is 4.09. The molecule has 0 atom stereocenters. The van der Waals surface area contributed by atoms with Crippen LogP contribution in [0.5, 0.6) is 5.75 Å². The molecule has 0 fully saturated rings. The summed E-state index contributed by atoms with van der Waals surface area (Å²) in [6, 6.07) is 14.6. The molecule has 0 spiro atoms. The van der Waals surface area contributed by atoms with E-state index < -0.39 is 5.60 Å². The maximum absolute atomic E-state index is 12.7. The third-order valence-electron chi connectivity index (χ3n) is 4.70. The van der Waals surface area contributed by atoms with Crippen LogP contribution in [-0.4, -0.2) is 24.0 Å². The number of rotatable bonds is 4. The molecule has 2 amide bonds. The van der Waals surface area contributed by atoms with Gasteiger partial charge >= 0.3 is 0 Å². The zero-order valence-corrected chi connectivity index (χ0v) is 16.4. The minimum absolute atomic E-state index is 0.111. The van der Waals surface area contributed by atoms with Crippen molar-refractivity contribution in [3.05, 3.63) is 53.6 Å². The van der Waals surface area contributed by atoms with Gasteiger partial charge in [-0.1, -0.05) is 26.0 Å². The number of anilines is 2. The molecule has 1 heterocycles. The average Bonchev–Trinajstić information content (AvgIpc) is 2.65. The number of nitriles is 1. The fourth-order valence-corrected chi connectivity index (χ4v) is 3.09. The second kappa shape index (κ2) is 7.35. The molecule has 6 nitrogen and oxygen atoms in total. The summed E-state index contributed by atoms with van der Waals surface area (Å²) in [4.78, 5) is 26.6. The lowest BCUT2D eigenvalue weighted by molar-refractivity contribution is -0.132. The quantitative estimate of drug-likeness (QED) is 0.814. The first-order valence-corrected chi connectivity index (χ1v) is 9.16. The minimum atomic E-state index is -1.06. The van der Waals surface area contributed by atoms with Crippen LogP contribution in [-0.2, 0) is 4.79 Å². The van der Waals surface area contributed by atoms with Crippen molar-refractivity contribution >= 4 is 23.2 Å². The third kappa shape index (κ3) is 3.70. The maximum Gasteiger partial charge on any atom is 0.271 e. The van der Waals surface area contributed by atoms with Gasteiger partial charge < -0.3 is 10.1 Å². The van der Waals surface area contributed by atoms with E-state index in [1.807, 2.05) is 30.3 Å². The topological polar surface area (TPSA) is 82.4 Å². The van der Waals surface area contributed by atoms with E-state index in [4.69, 9.17) is 10.00 Å². The second-order valence-electron chi connectivity index (χ2n) is 7.58. The van der Waals surface area contributed by atoms with Gasteiger partial charge in [-0.25, -0.2) is 0 Å². The number of fused-ring (bicyclic) bond motifs is 1. The molecule has 0 aliphatic carbocycles. The molecule has 2 aromatic carbocycles. The number of ether oxygens (including phenoxy) is 1. The van der Waals surface area contributed by atoms with Crippen molar-refractivity contribution in [1.82, 2.24) is 0 Å². The minimum Gasteiger partial charge on any atom is -0.476 e. The SMILES string of the molecule is CC(C)c1ccc(NC(=O)c2ccc3c(c2)N(CC#N)C(=O)C(C)(C)O3)cc1. The molecular weight excluding hydrogens is 354 g/mol. The number of carbonyl (C=O) groups is 2. The Morgan fingerprint density at radius 1 is 1.21 bits per heavy atom. The summed E-state index contributed by atoms with van der Waals surface area (Å²) in [5, 5.41) is 12.0. The highest BCUT2D eigenvalue weighted by Gasteiger charge is 2.41. The summed E-state index contributed by atoms with van der Waals surface area (Å²) in [5.41, 5.74) is 1.62. The first-order chi connectivity index (χ1) is 13.2. The molecule has 1 aliphatic heterocycles. The molecule has 0 saturated carbocycles. The van der Waals surface area contributed by atoms with Crippen LogP contribution in [0, 0.1) is 11.3 Å². The second-order valence-corrected chi connectivity index (χ2v) is 7.58. The summed E-state index contributed by atoms with van der Waals surface area (Å²) in [6.45, 7) is 7.42. The van der Waals surface area contributed by atoms with Crippen LogP contribution in [0.2, 0.25) is 0 Å². The van der Waals surface area contributed by atoms with Crippen molar-refractivity contribution in [3.8, 4) is 11.8 Å². The third-order valence-corrected chi connectivity index (χ3v) is 4.70. The number of carbonyl (C=O) groups excluding carboxylic acids is 2. The summed E-state index contributed by atoms with van der Waals surface area (Å²) in [6.07, 6.45) is 0. The number of hydrogen-bond donors (Lipinski definition) is 1. The highest BCUT2D eigenvalue weighted by molar-refractivity contribution is 6.07. The number of benzene rings is 2. The first kappa shape index (κ1) is 19.4. The fraction of sp³-hybridized carbons (Fsp3) is 0.318. The van der Waals surface area contributed by atoms with Gasteiger partial charge in [0, 0.05) is 11.3 Å². The summed E-state index contributed by atoms with van der Waals surface area (Å²) < 4.78 is 5.76. The van der Waals surface area contributed by atoms with Crippen LogP contribution >= 0.6 is 0 Å². The van der Waals surface area contributed by atoms with Crippen molar-refractivity contribution < 1.29 is 14.3 Å².